The summed E-state index contributed by atoms with van der Waals surface area (Å²) in [5.41, 5.74) is 18.1. The standard InChI is InChI=1S/C26H32FN5O3S.C25H35N3O3S.C24H36ClN3O3S.C24H36FN3O3S/c1-16(2)32-24(17(3)31(4)5)15-26(29-32)36(34,35)30-25(33)14-22-19-7-6-8-20(19)23(27)13-21(22)18-9-11-28-12-10-18;1-16(2)28-24(17(3)27(4)5)14-25(26-28)32(30,31)15-20(29)13-23-21-10-6-8-18(21)12-19-9-7-11-22(19)23;2*1-9-28-23(17(6)27(7)8)13-24(26-28)32(30,31)14-19(29)12-22-20(15(2)3)10-18(25)11-21(22)16(4)5/h9-13,15-17H,6-8,14H2,1-5H3,(H,30,33);12,14,16-17H,6-11,13,15H2,1-5H3;2*10-11,13,15-17H,9,12,14H2,1-8H3. The molecule has 1 N–H and O–H groups in total. The Balaban J connectivity index is 0.000000198. The first kappa shape index (κ1) is 107. The third-order valence-corrected chi connectivity index (χ3v) is 31.6. The second kappa shape index (κ2) is 44.7. The zero-order chi connectivity index (χ0) is 98.2. The number of fused-ring (bicyclic) bond motifs is 3. The highest BCUT2D eigenvalue weighted by atomic mass is 35.5. The van der Waals surface area contributed by atoms with E-state index in [9.17, 15) is 61.6 Å². The summed E-state index contributed by atoms with van der Waals surface area (Å²) in [7, 11) is -0.357. The Bertz CT molecular complexity index is 5890. The number of aromatic nitrogens is 9. The van der Waals surface area contributed by atoms with E-state index >= 15 is 0 Å². The highest BCUT2D eigenvalue weighted by Gasteiger charge is 2.36. The van der Waals surface area contributed by atoms with Crippen LogP contribution in [0.25, 0.3) is 11.1 Å². The molecule has 3 aliphatic carbocycles. The minimum absolute atomic E-state index is 0.00151. The number of ketones is 3. The lowest BCUT2D eigenvalue weighted by molar-refractivity contribution is -0.119. The van der Waals surface area contributed by atoms with Gasteiger partial charge in [-0.3, -0.25) is 42.9 Å². The number of sulfone groups is 3. The van der Waals surface area contributed by atoms with E-state index in [2.05, 4.69) is 36.2 Å². The van der Waals surface area contributed by atoms with Crippen LogP contribution in [0, 0.1) is 11.6 Å². The van der Waals surface area contributed by atoms with Crippen molar-refractivity contribution >= 4 is 74.4 Å². The molecule has 4 unspecified atom stereocenters. The lowest BCUT2D eigenvalue weighted by Crippen LogP contribution is -2.32. The third kappa shape index (κ3) is 25.6. The monoisotopic (exact) mass is 1920 g/mol. The first-order valence-corrected chi connectivity index (χ1v) is 52.8. The molecule has 9 aromatic rings. The maximum atomic E-state index is 14.8. The van der Waals surface area contributed by atoms with Gasteiger partial charge in [0.05, 0.1) is 29.2 Å². The largest absolute Gasteiger partial charge is 0.301 e. The molecule has 5 aromatic heterocycles. The van der Waals surface area contributed by atoms with Gasteiger partial charge in [-0.15, -0.1) is 0 Å². The van der Waals surface area contributed by atoms with E-state index in [1.165, 1.54) is 46.5 Å². The Morgan fingerprint density at radius 3 is 1.14 bits per heavy atom. The van der Waals surface area contributed by atoms with Gasteiger partial charge >= 0.3 is 0 Å². The molecule has 0 saturated carbocycles. The van der Waals surface area contributed by atoms with E-state index in [0.717, 1.165) is 118 Å². The number of amides is 1. The zero-order valence-corrected chi connectivity index (χ0v) is 86.1. The van der Waals surface area contributed by atoms with E-state index in [0.29, 0.717) is 47.6 Å². The Hall–Kier alpha value is -8.86. The maximum absolute atomic E-state index is 14.8. The van der Waals surface area contributed by atoms with Crippen LogP contribution in [-0.4, -0.2) is 194 Å². The van der Waals surface area contributed by atoms with E-state index in [1.807, 2.05) is 213 Å². The number of Topliss-reactive ketones (excluding diaryl/α,β-unsaturated/α-hetero) is 3. The summed E-state index contributed by atoms with van der Waals surface area (Å²) in [6.07, 6.45) is 11.7. The van der Waals surface area contributed by atoms with E-state index in [1.54, 1.807) is 61.5 Å². The molecule has 0 fully saturated rings. The van der Waals surface area contributed by atoms with Gasteiger partial charge < -0.3 is 19.6 Å². The molecule has 5 heterocycles. The van der Waals surface area contributed by atoms with Crippen LogP contribution in [0.2, 0.25) is 5.02 Å². The van der Waals surface area contributed by atoms with Crippen molar-refractivity contribution in [1.29, 1.82) is 0 Å². The number of carbonyl (C=O) groups excluding carboxylic acids is 4. The molecule has 12 rings (SSSR count). The fraction of sp³-hybridized carbons (Fsp3) is 0.545. The zero-order valence-electron chi connectivity index (χ0n) is 82.1. The molecule has 0 aliphatic heterocycles. The second-order valence-corrected chi connectivity index (χ2v) is 45.9. The summed E-state index contributed by atoms with van der Waals surface area (Å²) in [4.78, 5) is 64.0. The average molecular weight is 1920 g/mol. The number of rotatable bonds is 36. The summed E-state index contributed by atoms with van der Waals surface area (Å²) in [6.45, 7) is 36.6. The molecule has 3 aliphatic rings. The van der Waals surface area contributed by atoms with Crippen molar-refractivity contribution in [2.45, 2.75) is 301 Å². The van der Waals surface area contributed by atoms with Gasteiger partial charge in [0.25, 0.3) is 10.0 Å². The molecule has 4 atom stereocenters. The number of hydrogen-bond acceptors (Lipinski definition) is 21. The van der Waals surface area contributed by atoms with Crippen molar-refractivity contribution < 1.29 is 61.6 Å². The van der Waals surface area contributed by atoms with Crippen LogP contribution in [-0.2, 0) is 136 Å². The van der Waals surface area contributed by atoms with Crippen LogP contribution in [0.1, 0.15) is 304 Å². The lowest BCUT2D eigenvalue weighted by atomic mass is 9.86. The summed E-state index contributed by atoms with van der Waals surface area (Å²) in [5.74, 6) is -3.65. The van der Waals surface area contributed by atoms with Gasteiger partial charge in [-0.25, -0.2) is 38.8 Å². The van der Waals surface area contributed by atoms with E-state index < -0.39 is 68.5 Å². The summed E-state index contributed by atoms with van der Waals surface area (Å²) in [5, 5.41) is 17.6. The number of aryl methyl sites for hydroxylation is 4. The van der Waals surface area contributed by atoms with Crippen LogP contribution >= 0.6 is 11.6 Å². The highest BCUT2D eigenvalue weighted by molar-refractivity contribution is 7.92. The van der Waals surface area contributed by atoms with Gasteiger partial charge in [0.2, 0.25) is 35.4 Å². The molecule has 1 amide bonds. The average Bonchev–Trinajstić information content (AvgIpc) is 1.58. The van der Waals surface area contributed by atoms with E-state index in [4.69, 9.17) is 11.6 Å². The number of nitrogens with zero attached hydrogens (tertiary/aromatic N) is 13. The molecule has 4 aromatic carbocycles. The molecule has 0 radical (unpaired) electrons. The van der Waals surface area contributed by atoms with Crippen molar-refractivity contribution in [3.63, 3.8) is 0 Å². The first-order valence-electron chi connectivity index (χ1n) is 46.0. The minimum atomic E-state index is -4.21. The number of hydrogen-bond donors (Lipinski definition) is 1. The normalized spacial score (nSPS) is 14.4. The Morgan fingerprint density at radius 2 is 0.750 bits per heavy atom. The highest BCUT2D eigenvalue weighted by Crippen LogP contribution is 2.40. The molecule has 0 bridgehead atoms. The second-order valence-electron chi connectivity index (χ2n) is 38.0. The molecule has 132 heavy (non-hydrogen) atoms. The number of halogens is 3. The van der Waals surface area contributed by atoms with Crippen LogP contribution in [0.5, 0.6) is 0 Å². The maximum Gasteiger partial charge on any atom is 0.283 e. The van der Waals surface area contributed by atoms with Crippen LogP contribution in [0.4, 0.5) is 8.78 Å². The molecular weight excluding hydrogens is 1780 g/mol. The number of benzene rings is 4. The van der Waals surface area contributed by atoms with Crippen molar-refractivity contribution in [3.05, 3.63) is 203 Å². The van der Waals surface area contributed by atoms with E-state index in [-0.39, 0.29) is 129 Å². The predicted molar refractivity (Wildman–Crippen MR) is 517 cm³/mol. The Kier molecular flexibility index (Phi) is 36.2. The summed E-state index contributed by atoms with van der Waals surface area (Å²) >= 11 is 6.32. The van der Waals surface area contributed by atoms with Gasteiger partial charge in [-0.2, -0.15) is 28.8 Å². The summed E-state index contributed by atoms with van der Waals surface area (Å²) in [6, 6.07) is 20.1. The van der Waals surface area contributed by atoms with Crippen molar-refractivity contribution in [3.8, 4) is 11.1 Å². The van der Waals surface area contributed by atoms with Gasteiger partial charge in [0.1, 0.15) is 28.9 Å². The number of sulfonamides is 1. The smallest absolute Gasteiger partial charge is 0.283 e. The molecule has 722 valence electrons. The van der Waals surface area contributed by atoms with Crippen molar-refractivity contribution in [2.24, 2.45) is 0 Å². The van der Waals surface area contributed by atoms with Crippen molar-refractivity contribution in [2.75, 3.05) is 73.6 Å². The first-order chi connectivity index (χ1) is 61.6. The fourth-order valence-corrected chi connectivity index (χ4v) is 22.4. The Morgan fingerprint density at radius 1 is 0.409 bits per heavy atom. The van der Waals surface area contributed by atoms with Crippen LogP contribution in [0.3, 0.4) is 0 Å². The number of carbonyl (C=O) groups is 4. The molecule has 0 spiro atoms. The SMILES string of the molecule is CC(c1cc(S(=O)(=O)CC(=O)Cc2c3c(cc4c2CCC4)CCC3)nn1C(C)C)N(C)C.CC(c1cc(S(=O)(=O)NC(=O)Cc2c(-c3ccncc3)cc(F)c3c2CCC3)nn1C(C)C)N(C)C.CCn1nc(S(=O)(=O)CC(=O)Cc2c(C(C)C)cc(Cl)cc2C(C)C)cc1C(C)N(C)C.CCn1nc(S(=O)(=O)CC(=O)Cc2c(C(C)C)cc(F)cc2C(C)C)cc1C(C)N(C)C. The summed E-state index contributed by atoms with van der Waals surface area (Å²) < 4.78 is 143. The topological polar surface area (TPSA) is 314 Å². The van der Waals surface area contributed by atoms with Crippen LogP contribution < -0.4 is 4.72 Å². The number of pyridine rings is 1. The van der Waals surface area contributed by atoms with Gasteiger partial charge in [-0.05, 0) is 339 Å². The van der Waals surface area contributed by atoms with Crippen LogP contribution in [0.15, 0.2) is 105 Å². The number of nitrogens with one attached hydrogen (secondary N) is 1. The molecule has 33 heteroatoms. The Labute approximate surface area is 787 Å². The predicted octanol–water partition coefficient (Wildman–Crippen LogP) is 17.0. The minimum Gasteiger partial charge on any atom is -0.301 e. The van der Waals surface area contributed by atoms with Crippen molar-refractivity contribution in [1.82, 2.24) is 68.4 Å². The fourth-order valence-electron chi connectivity index (χ4n) is 17.6. The lowest BCUT2D eigenvalue weighted by Gasteiger charge is -2.22. The molecule has 0 saturated heterocycles. The van der Waals surface area contributed by atoms with Gasteiger partial charge in [0, 0.05) is 110 Å². The quantitative estimate of drug-likeness (QED) is 0.0381. The van der Waals surface area contributed by atoms with Gasteiger partial charge in [-0.1, -0.05) is 73.1 Å². The van der Waals surface area contributed by atoms with Gasteiger partial charge in [0.15, 0.2) is 37.5 Å². The molecule has 26 nitrogen and oxygen atoms in total. The molecular formula is C99H139ClF2N14O12S4. The third-order valence-electron chi connectivity index (χ3n) is 25.6.